The fourth-order valence-electron chi connectivity index (χ4n) is 1.10. The minimum atomic E-state index is -0.769. The molecule has 0 spiro atoms. The lowest BCUT2D eigenvalue weighted by molar-refractivity contribution is -0.137. The minimum absolute atomic E-state index is 0.191. The molecule has 1 rings (SSSR count). The summed E-state index contributed by atoms with van der Waals surface area (Å²) in [5.41, 5.74) is 0.752. The molecule has 0 atom stereocenters. The SMILES string of the molecule is O=C(O)CCCCN=Nc1ccc(Cl)cc1. The number of aliphatic carboxylic acids is 1. The van der Waals surface area contributed by atoms with Gasteiger partial charge in [0.1, 0.15) is 0 Å². The van der Waals surface area contributed by atoms with E-state index in [1.807, 2.05) is 0 Å². The van der Waals surface area contributed by atoms with Gasteiger partial charge in [-0.15, -0.1) is 0 Å². The molecule has 16 heavy (non-hydrogen) atoms. The summed E-state index contributed by atoms with van der Waals surface area (Å²) < 4.78 is 0. The van der Waals surface area contributed by atoms with Crippen LogP contribution >= 0.6 is 11.6 Å². The largest absolute Gasteiger partial charge is 0.481 e. The van der Waals surface area contributed by atoms with Gasteiger partial charge in [0.25, 0.3) is 0 Å². The number of nitrogens with zero attached hydrogens (tertiary/aromatic N) is 2. The molecule has 0 radical (unpaired) electrons. The zero-order chi connectivity index (χ0) is 11.8. The van der Waals surface area contributed by atoms with Crippen molar-refractivity contribution in [1.82, 2.24) is 0 Å². The number of carbonyl (C=O) groups is 1. The van der Waals surface area contributed by atoms with Crippen molar-refractivity contribution in [1.29, 1.82) is 0 Å². The number of carboxylic acids is 1. The first-order valence-electron chi connectivity index (χ1n) is 5.03. The van der Waals surface area contributed by atoms with E-state index in [1.165, 1.54) is 0 Å². The molecule has 86 valence electrons. The first-order chi connectivity index (χ1) is 7.68. The molecule has 0 aromatic heterocycles. The molecule has 1 N–H and O–H groups in total. The molecule has 5 heteroatoms. The van der Waals surface area contributed by atoms with E-state index in [2.05, 4.69) is 10.2 Å². The zero-order valence-electron chi connectivity index (χ0n) is 8.77. The Bertz CT molecular complexity index is 363. The van der Waals surface area contributed by atoms with Crippen molar-refractivity contribution >= 4 is 23.3 Å². The van der Waals surface area contributed by atoms with Crippen molar-refractivity contribution in [2.75, 3.05) is 6.54 Å². The highest BCUT2D eigenvalue weighted by Crippen LogP contribution is 2.16. The van der Waals surface area contributed by atoms with E-state index < -0.39 is 5.97 Å². The molecule has 0 aliphatic carbocycles. The van der Waals surface area contributed by atoms with Gasteiger partial charge in [0.2, 0.25) is 0 Å². The molecule has 0 aliphatic heterocycles. The summed E-state index contributed by atoms with van der Waals surface area (Å²) in [5, 5.41) is 17.0. The summed E-state index contributed by atoms with van der Waals surface area (Å²) in [5.74, 6) is -0.769. The van der Waals surface area contributed by atoms with Crippen molar-refractivity contribution in [3.8, 4) is 0 Å². The lowest BCUT2D eigenvalue weighted by Crippen LogP contribution is -1.94. The Labute approximate surface area is 99.0 Å². The van der Waals surface area contributed by atoms with E-state index in [0.29, 0.717) is 18.0 Å². The fourth-order valence-corrected chi connectivity index (χ4v) is 1.22. The van der Waals surface area contributed by atoms with Crippen LogP contribution in [0.25, 0.3) is 0 Å². The highest BCUT2D eigenvalue weighted by Gasteiger charge is 1.95. The average Bonchev–Trinajstić information content (AvgIpc) is 2.25. The van der Waals surface area contributed by atoms with Crippen molar-refractivity contribution < 1.29 is 9.90 Å². The van der Waals surface area contributed by atoms with E-state index in [4.69, 9.17) is 16.7 Å². The van der Waals surface area contributed by atoms with Gasteiger partial charge in [0, 0.05) is 11.4 Å². The second-order valence-corrected chi connectivity index (χ2v) is 3.73. The summed E-state index contributed by atoms with van der Waals surface area (Å²) >= 11 is 5.72. The maximum atomic E-state index is 10.2. The maximum absolute atomic E-state index is 10.2. The molecule has 0 amide bonds. The minimum Gasteiger partial charge on any atom is -0.481 e. The standard InChI is InChI=1S/C11H13ClN2O2/c12-9-4-6-10(7-5-9)14-13-8-2-1-3-11(15)16/h4-7H,1-3,8H2,(H,15,16). The van der Waals surface area contributed by atoms with Crippen LogP contribution in [0.5, 0.6) is 0 Å². The van der Waals surface area contributed by atoms with Crippen LogP contribution in [0.4, 0.5) is 5.69 Å². The Balaban J connectivity index is 2.22. The summed E-state index contributed by atoms with van der Waals surface area (Å²) in [7, 11) is 0. The third kappa shape index (κ3) is 5.46. The second-order valence-electron chi connectivity index (χ2n) is 3.29. The average molecular weight is 241 g/mol. The second kappa shape index (κ2) is 6.95. The van der Waals surface area contributed by atoms with Crippen LogP contribution in [0.15, 0.2) is 34.5 Å². The summed E-state index contributed by atoms with van der Waals surface area (Å²) in [6.07, 6.45) is 1.56. The third-order valence-electron chi connectivity index (χ3n) is 1.91. The molecule has 0 saturated heterocycles. The first kappa shape index (κ1) is 12.6. The summed E-state index contributed by atoms with van der Waals surface area (Å²) in [4.78, 5) is 10.2. The van der Waals surface area contributed by atoms with Crippen molar-refractivity contribution in [3.63, 3.8) is 0 Å². The van der Waals surface area contributed by atoms with Crippen LogP contribution in [0, 0.1) is 0 Å². The van der Waals surface area contributed by atoms with Crippen molar-refractivity contribution in [2.24, 2.45) is 10.2 Å². The van der Waals surface area contributed by atoms with Gasteiger partial charge >= 0.3 is 5.97 Å². The number of benzene rings is 1. The third-order valence-corrected chi connectivity index (χ3v) is 2.16. The molecule has 0 bridgehead atoms. The van der Waals surface area contributed by atoms with Crippen LogP contribution < -0.4 is 0 Å². The van der Waals surface area contributed by atoms with Crippen molar-refractivity contribution in [3.05, 3.63) is 29.3 Å². The highest BCUT2D eigenvalue weighted by atomic mass is 35.5. The molecule has 0 heterocycles. The van der Waals surface area contributed by atoms with Gasteiger partial charge in [-0.25, -0.2) is 0 Å². The zero-order valence-corrected chi connectivity index (χ0v) is 9.52. The number of unbranched alkanes of at least 4 members (excludes halogenated alkanes) is 1. The molecule has 0 fully saturated rings. The normalized spacial score (nSPS) is 10.8. The molecular weight excluding hydrogens is 228 g/mol. The Morgan fingerprint density at radius 3 is 2.56 bits per heavy atom. The molecule has 0 aliphatic rings. The maximum Gasteiger partial charge on any atom is 0.303 e. The Kier molecular flexibility index (Phi) is 5.50. The summed E-state index contributed by atoms with van der Waals surface area (Å²) in [6.45, 7) is 0.551. The summed E-state index contributed by atoms with van der Waals surface area (Å²) in [6, 6.07) is 7.06. The van der Waals surface area contributed by atoms with Gasteiger partial charge in [-0.3, -0.25) is 4.79 Å². The quantitative estimate of drug-likeness (QED) is 0.609. The fraction of sp³-hybridized carbons (Fsp3) is 0.364. The number of carboxylic acid groups (broad SMARTS) is 1. The lowest BCUT2D eigenvalue weighted by atomic mass is 10.2. The molecule has 4 nitrogen and oxygen atoms in total. The van der Waals surface area contributed by atoms with Crippen LogP contribution in [0.3, 0.4) is 0 Å². The van der Waals surface area contributed by atoms with Gasteiger partial charge in [0.15, 0.2) is 0 Å². The Hall–Kier alpha value is -1.42. The number of rotatable bonds is 6. The Morgan fingerprint density at radius 2 is 1.94 bits per heavy atom. The number of halogens is 1. The van der Waals surface area contributed by atoms with Gasteiger partial charge in [-0.05, 0) is 37.1 Å². The molecule has 0 unspecified atom stereocenters. The van der Waals surface area contributed by atoms with Crippen LogP contribution in [0.2, 0.25) is 5.02 Å². The van der Waals surface area contributed by atoms with E-state index >= 15 is 0 Å². The molecule has 0 saturated carbocycles. The van der Waals surface area contributed by atoms with E-state index in [-0.39, 0.29) is 6.42 Å². The highest BCUT2D eigenvalue weighted by molar-refractivity contribution is 6.30. The van der Waals surface area contributed by atoms with Gasteiger partial charge in [0.05, 0.1) is 12.2 Å². The molecular formula is C11H13ClN2O2. The topological polar surface area (TPSA) is 62.0 Å². The van der Waals surface area contributed by atoms with Crippen LogP contribution in [-0.4, -0.2) is 17.6 Å². The molecule has 1 aromatic rings. The lowest BCUT2D eigenvalue weighted by Gasteiger charge is -1.94. The van der Waals surface area contributed by atoms with Gasteiger partial charge in [-0.2, -0.15) is 10.2 Å². The van der Waals surface area contributed by atoms with Gasteiger partial charge < -0.3 is 5.11 Å². The van der Waals surface area contributed by atoms with E-state index in [9.17, 15) is 4.79 Å². The first-order valence-corrected chi connectivity index (χ1v) is 5.41. The van der Waals surface area contributed by atoms with E-state index in [1.54, 1.807) is 24.3 Å². The number of hydrogen-bond acceptors (Lipinski definition) is 3. The van der Waals surface area contributed by atoms with Crippen molar-refractivity contribution in [2.45, 2.75) is 19.3 Å². The predicted octanol–water partition coefficient (Wildman–Crippen LogP) is 3.68. The van der Waals surface area contributed by atoms with E-state index in [0.717, 1.165) is 12.1 Å². The number of hydrogen-bond donors (Lipinski definition) is 1. The van der Waals surface area contributed by atoms with Crippen LogP contribution in [0.1, 0.15) is 19.3 Å². The smallest absolute Gasteiger partial charge is 0.303 e. The number of azo groups is 1. The van der Waals surface area contributed by atoms with Crippen LogP contribution in [-0.2, 0) is 4.79 Å². The monoisotopic (exact) mass is 240 g/mol. The van der Waals surface area contributed by atoms with Gasteiger partial charge in [-0.1, -0.05) is 11.6 Å². The predicted molar refractivity (Wildman–Crippen MR) is 62.3 cm³/mol. The Morgan fingerprint density at radius 1 is 1.25 bits per heavy atom. The molecule has 1 aromatic carbocycles.